The topological polar surface area (TPSA) is 58.1 Å². The molecule has 122 valence electrons. The van der Waals surface area contributed by atoms with Crippen LogP contribution in [0.2, 0.25) is 0 Å². The van der Waals surface area contributed by atoms with Crippen LogP contribution in [-0.4, -0.2) is 35.0 Å². The Kier molecular flexibility index (Phi) is 3.71. The second-order valence-corrected chi connectivity index (χ2v) is 7.65. The fourth-order valence-electron chi connectivity index (χ4n) is 3.52. The Morgan fingerprint density at radius 1 is 1.48 bits per heavy atom. The SMILES string of the molecule is CCC1(CNC(=O)C2CCCN2c2ncnc3sccc23)CC1. The highest BCUT2D eigenvalue weighted by atomic mass is 32.1. The van der Waals surface area contributed by atoms with Crippen LogP contribution in [0, 0.1) is 5.41 Å². The first-order valence-electron chi connectivity index (χ1n) is 8.45. The molecule has 2 aromatic heterocycles. The van der Waals surface area contributed by atoms with E-state index in [1.165, 1.54) is 12.8 Å². The van der Waals surface area contributed by atoms with Gasteiger partial charge in [0.05, 0.1) is 5.39 Å². The van der Waals surface area contributed by atoms with Crippen LogP contribution in [0.4, 0.5) is 5.82 Å². The van der Waals surface area contributed by atoms with Crippen molar-refractivity contribution in [3.05, 3.63) is 17.8 Å². The van der Waals surface area contributed by atoms with Crippen LogP contribution in [0.5, 0.6) is 0 Å². The molecule has 0 spiro atoms. The molecule has 1 aliphatic carbocycles. The Bertz CT molecular complexity index is 724. The molecular weight excluding hydrogens is 308 g/mol. The normalized spacial score (nSPS) is 22.5. The van der Waals surface area contributed by atoms with Gasteiger partial charge in [-0.05, 0) is 49.0 Å². The van der Waals surface area contributed by atoms with E-state index in [-0.39, 0.29) is 11.9 Å². The summed E-state index contributed by atoms with van der Waals surface area (Å²) >= 11 is 1.62. The second-order valence-electron chi connectivity index (χ2n) is 6.76. The number of amides is 1. The highest BCUT2D eigenvalue weighted by Gasteiger charge is 2.41. The monoisotopic (exact) mass is 330 g/mol. The van der Waals surface area contributed by atoms with Gasteiger partial charge < -0.3 is 10.2 Å². The second kappa shape index (κ2) is 5.74. The minimum absolute atomic E-state index is 0.0966. The van der Waals surface area contributed by atoms with Crippen molar-refractivity contribution < 1.29 is 4.79 Å². The number of nitrogens with zero attached hydrogens (tertiary/aromatic N) is 3. The van der Waals surface area contributed by atoms with Crippen LogP contribution in [0.1, 0.15) is 39.0 Å². The molecule has 1 unspecified atom stereocenters. The summed E-state index contributed by atoms with van der Waals surface area (Å²) in [5.41, 5.74) is 0.384. The molecule has 1 saturated carbocycles. The molecule has 23 heavy (non-hydrogen) atoms. The summed E-state index contributed by atoms with van der Waals surface area (Å²) in [4.78, 5) is 24.6. The Hall–Kier alpha value is -1.69. The van der Waals surface area contributed by atoms with Crippen LogP contribution in [0.25, 0.3) is 10.2 Å². The van der Waals surface area contributed by atoms with Gasteiger partial charge in [-0.15, -0.1) is 11.3 Å². The van der Waals surface area contributed by atoms with Gasteiger partial charge in [-0.2, -0.15) is 0 Å². The number of hydrogen-bond donors (Lipinski definition) is 1. The first-order valence-corrected chi connectivity index (χ1v) is 9.33. The van der Waals surface area contributed by atoms with E-state index in [0.717, 1.165) is 48.4 Å². The number of hydrogen-bond acceptors (Lipinski definition) is 5. The number of carbonyl (C=O) groups is 1. The van der Waals surface area contributed by atoms with E-state index in [2.05, 4.69) is 33.2 Å². The molecule has 1 amide bonds. The van der Waals surface area contributed by atoms with Crippen LogP contribution in [0.15, 0.2) is 17.8 Å². The van der Waals surface area contributed by atoms with E-state index < -0.39 is 0 Å². The predicted molar refractivity (Wildman–Crippen MR) is 92.8 cm³/mol. The summed E-state index contributed by atoms with van der Waals surface area (Å²) in [5.74, 6) is 1.06. The van der Waals surface area contributed by atoms with Gasteiger partial charge >= 0.3 is 0 Å². The van der Waals surface area contributed by atoms with Crippen LogP contribution in [-0.2, 0) is 4.79 Å². The van der Waals surface area contributed by atoms with Crippen LogP contribution >= 0.6 is 11.3 Å². The molecule has 2 aromatic rings. The number of anilines is 1. The largest absolute Gasteiger partial charge is 0.354 e. The number of nitrogens with one attached hydrogen (secondary N) is 1. The number of fused-ring (bicyclic) bond motifs is 1. The van der Waals surface area contributed by atoms with Crippen molar-refractivity contribution in [2.45, 2.75) is 45.1 Å². The number of carbonyl (C=O) groups excluding carboxylic acids is 1. The molecule has 1 N–H and O–H groups in total. The molecule has 6 heteroatoms. The molecule has 1 saturated heterocycles. The number of aromatic nitrogens is 2. The average molecular weight is 330 g/mol. The Balaban J connectivity index is 1.52. The highest BCUT2D eigenvalue weighted by Crippen LogP contribution is 2.47. The zero-order valence-corrected chi connectivity index (χ0v) is 14.2. The first-order chi connectivity index (χ1) is 11.2. The van der Waals surface area contributed by atoms with Gasteiger partial charge in [0, 0.05) is 13.1 Å². The quantitative estimate of drug-likeness (QED) is 0.916. The highest BCUT2D eigenvalue weighted by molar-refractivity contribution is 7.16. The minimum Gasteiger partial charge on any atom is -0.354 e. The molecule has 1 aliphatic heterocycles. The summed E-state index contributed by atoms with van der Waals surface area (Å²) < 4.78 is 0. The number of thiophene rings is 1. The zero-order valence-electron chi connectivity index (χ0n) is 13.4. The van der Waals surface area contributed by atoms with Gasteiger partial charge in [-0.3, -0.25) is 4.79 Å². The van der Waals surface area contributed by atoms with Crippen molar-refractivity contribution in [3.63, 3.8) is 0 Å². The lowest BCUT2D eigenvalue weighted by Gasteiger charge is -2.26. The van der Waals surface area contributed by atoms with E-state index >= 15 is 0 Å². The van der Waals surface area contributed by atoms with E-state index in [1.54, 1.807) is 17.7 Å². The standard InChI is InChI=1S/C17H22N4OS/c1-2-17(6-7-17)10-18-15(22)13-4-3-8-21(13)14-12-5-9-23-16(12)20-11-19-14/h5,9,11,13H,2-4,6-8,10H2,1H3,(H,18,22). The van der Waals surface area contributed by atoms with Gasteiger partial charge in [0.2, 0.25) is 5.91 Å². The average Bonchev–Trinajstić information content (AvgIpc) is 3.00. The molecule has 3 heterocycles. The third-order valence-corrected chi connectivity index (χ3v) is 6.23. The Morgan fingerprint density at radius 3 is 3.13 bits per heavy atom. The van der Waals surface area contributed by atoms with Crippen LogP contribution in [0.3, 0.4) is 0 Å². The van der Waals surface area contributed by atoms with Crippen molar-refractivity contribution in [2.75, 3.05) is 18.0 Å². The maximum atomic E-state index is 12.7. The third kappa shape index (κ3) is 2.69. The Labute approximate surface area is 140 Å². The molecule has 0 radical (unpaired) electrons. The zero-order chi connectivity index (χ0) is 15.9. The van der Waals surface area contributed by atoms with E-state index in [0.29, 0.717) is 5.41 Å². The van der Waals surface area contributed by atoms with Crippen molar-refractivity contribution >= 4 is 33.3 Å². The van der Waals surface area contributed by atoms with E-state index in [1.807, 2.05) is 5.38 Å². The molecule has 2 fully saturated rings. The maximum absolute atomic E-state index is 12.7. The summed E-state index contributed by atoms with van der Waals surface area (Å²) in [6, 6.07) is 1.96. The fourth-order valence-corrected chi connectivity index (χ4v) is 4.25. The molecular formula is C17H22N4OS. The molecule has 0 bridgehead atoms. The molecule has 0 aromatic carbocycles. The summed E-state index contributed by atoms with van der Waals surface area (Å²) in [6.07, 6.45) is 7.20. The van der Waals surface area contributed by atoms with Gasteiger partial charge in [0.15, 0.2) is 0 Å². The lowest BCUT2D eigenvalue weighted by Crippen LogP contribution is -2.45. The Morgan fingerprint density at radius 2 is 2.35 bits per heavy atom. The lowest BCUT2D eigenvalue weighted by molar-refractivity contribution is -0.122. The first kappa shape index (κ1) is 14.9. The van der Waals surface area contributed by atoms with E-state index in [4.69, 9.17) is 0 Å². The van der Waals surface area contributed by atoms with Crippen molar-refractivity contribution in [1.29, 1.82) is 0 Å². The van der Waals surface area contributed by atoms with Crippen LogP contribution < -0.4 is 10.2 Å². The summed E-state index contributed by atoms with van der Waals surface area (Å²) in [5, 5.41) is 6.29. The maximum Gasteiger partial charge on any atom is 0.242 e. The molecule has 4 rings (SSSR count). The van der Waals surface area contributed by atoms with E-state index in [9.17, 15) is 4.79 Å². The smallest absolute Gasteiger partial charge is 0.242 e. The summed E-state index contributed by atoms with van der Waals surface area (Å²) in [7, 11) is 0. The molecule has 1 atom stereocenters. The van der Waals surface area contributed by atoms with Gasteiger partial charge in [-0.1, -0.05) is 6.92 Å². The van der Waals surface area contributed by atoms with Crippen molar-refractivity contribution in [3.8, 4) is 0 Å². The fraction of sp³-hybridized carbons (Fsp3) is 0.588. The summed E-state index contributed by atoms with van der Waals surface area (Å²) in [6.45, 7) is 3.93. The number of rotatable bonds is 5. The van der Waals surface area contributed by atoms with Crippen molar-refractivity contribution in [1.82, 2.24) is 15.3 Å². The lowest BCUT2D eigenvalue weighted by atomic mass is 10.0. The predicted octanol–water partition coefficient (Wildman–Crippen LogP) is 2.97. The molecule has 2 aliphatic rings. The molecule has 5 nitrogen and oxygen atoms in total. The van der Waals surface area contributed by atoms with Gasteiger partial charge in [0.25, 0.3) is 0 Å². The van der Waals surface area contributed by atoms with Gasteiger partial charge in [0.1, 0.15) is 23.0 Å². The van der Waals surface area contributed by atoms with Crippen molar-refractivity contribution in [2.24, 2.45) is 5.41 Å². The minimum atomic E-state index is -0.0966. The van der Waals surface area contributed by atoms with Gasteiger partial charge in [-0.25, -0.2) is 9.97 Å². The third-order valence-electron chi connectivity index (χ3n) is 5.41.